The molecule has 1 fully saturated rings. The van der Waals surface area contributed by atoms with Gasteiger partial charge < -0.3 is 20.2 Å². The summed E-state index contributed by atoms with van der Waals surface area (Å²) in [5, 5.41) is 13.4. The van der Waals surface area contributed by atoms with Gasteiger partial charge in [0.1, 0.15) is 17.7 Å². The van der Waals surface area contributed by atoms with E-state index in [9.17, 15) is 14.7 Å². The smallest absolute Gasteiger partial charge is 0.332 e. The normalized spacial score (nSPS) is 23.3. The van der Waals surface area contributed by atoms with Crippen molar-refractivity contribution in [3.05, 3.63) is 44.2 Å². The topological polar surface area (TPSA) is 82.7 Å². The summed E-state index contributed by atoms with van der Waals surface area (Å²) in [6, 6.07) is 0.0591. The van der Waals surface area contributed by atoms with Crippen LogP contribution in [0.2, 0.25) is 0 Å². The van der Waals surface area contributed by atoms with Crippen molar-refractivity contribution in [2.24, 2.45) is 13.0 Å². The summed E-state index contributed by atoms with van der Waals surface area (Å²) >= 11 is 6.14. The summed E-state index contributed by atoms with van der Waals surface area (Å²) in [5.74, 6) is 1.21. The maximum atomic E-state index is 13.4. The van der Waals surface area contributed by atoms with Crippen LogP contribution in [0.1, 0.15) is 38.5 Å². The van der Waals surface area contributed by atoms with E-state index in [1.54, 1.807) is 7.05 Å². The first-order valence-corrected chi connectivity index (χ1v) is 11.5. The molecule has 1 aromatic rings. The van der Waals surface area contributed by atoms with Gasteiger partial charge in [0.2, 0.25) is 0 Å². The maximum absolute atomic E-state index is 13.4. The van der Waals surface area contributed by atoms with Crippen LogP contribution in [0.25, 0.3) is 0 Å². The van der Waals surface area contributed by atoms with Crippen LogP contribution in [0, 0.1) is 5.92 Å². The first-order valence-electron chi connectivity index (χ1n) is 11.2. The third-order valence-corrected chi connectivity index (χ3v) is 7.00. The molecule has 4 rings (SSSR count). The highest BCUT2D eigenvalue weighted by atomic mass is 35.5. The van der Waals surface area contributed by atoms with Crippen molar-refractivity contribution in [1.29, 1.82) is 0 Å². The van der Waals surface area contributed by atoms with Gasteiger partial charge >= 0.3 is 5.69 Å². The highest BCUT2D eigenvalue weighted by molar-refractivity contribution is 6.31. The molecule has 3 aliphatic rings. The third-order valence-electron chi connectivity index (χ3n) is 6.77. The zero-order valence-electron chi connectivity index (χ0n) is 18.3. The van der Waals surface area contributed by atoms with Crippen LogP contribution < -0.4 is 21.5 Å². The Hall–Kier alpha value is -2.19. The fourth-order valence-corrected chi connectivity index (χ4v) is 5.25. The maximum Gasteiger partial charge on any atom is 0.332 e. The van der Waals surface area contributed by atoms with Crippen molar-refractivity contribution in [2.45, 2.75) is 57.3 Å². The highest BCUT2D eigenvalue weighted by Gasteiger charge is 2.37. The molecule has 0 aromatic carbocycles. The van der Waals surface area contributed by atoms with Crippen LogP contribution in [-0.4, -0.2) is 51.5 Å². The van der Waals surface area contributed by atoms with E-state index in [1.807, 2.05) is 19.3 Å². The number of allylic oxidation sites excluding steroid dienone is 2. The van der Waals surface area contributed by atoms with Crippen LogP contribution in [0.4, 0.5) is 11.5 Å². The van der Waals surface area contributed by atoms with Crippen LogP contribution in [0.3, 0.4) is 0 Å². The van der Waals surface area contributed by atoms with Crippen LogP contribution >= 0.6 is 11.6 Å². The molecule has 0 amide bonds. The number of fused-ring (bicyclic) bond motifs is 1. The van der Waals surface area contributed by atoms with Gasteiger partial charge in [0, 0.05) is 40.0 Å². The van der Waals surface area contributed by atoms with Crippen LogP contribution in [0.5, 0.6) is 0 Å². The summed E-state index contributed by atoms with van der Waals surface area (Å²) < 4.78 is 2.78. The molecule has 1 aromatic heterocycles. The quantitative estimate of drug-likeness (QED) is 0.662. The Labute approximate surface area is 187 Å². The van der Waals surface area contributed by atoms with Gasteiger partial charge in [-0.1, -0.05) is 43.4 Å². The molecule has 31 heavy (non-hydrogen) atoms. The molecular formula is C22H32ClN5O3. The molecule has 2 unspecified atom stereocenters. The van der Waals surface area contributed by atoms with Gasteiger partial charge in [0.05, 0.1) is 11.1 Å². The average Bonchev–Trinajstić information content (AvgIpc) is 3.37. The summed E-state index contributed by atoms with van der Waals surface area (Å²) in [6.07, 6.45) is 12.0. The molecule has 0 radical (unpaired) electrons. The molecule has 0 spiro atoms. The van der Waals surface area contributed by atoms with Gasteiger partial charge in [-0.05, 0) is 24.8 Å². The molecule has 170 valence electrons. The van der Waals surface area contributed by atoms with Crippen molar-refractivity contribution >= 4 is 23.1 Å². The zero-order valence-corrected chi connectivity index (χ0v) is 19.0. The van der Waals surface area contributed by atoms with Crippen molar-refractivity contribution in [1.82, 2.24) is 14.0 Å². The van der Waals surface area contributed by atoms with E-state index in [0.29, 0.717) is 35.4 Å². The predicted molar refractivity (Wildman–Crippen MR) is 124 cm³/mol. The summed E-state index contributed by atoms with van der Waals surface area (Å²) in [7, 11) is 3.68. The zero-order chi connectivity index (χ0) is 22.1. The van der Waals surface area contributed by atoms with Gasteiger partial charge in [0.15, 0.2) is 0 Å². The Kier molecular flexibility index (Phi) is 6.48. The number of anilines is 2. The fraction of sp³-hybridized carbons (Fsp3) is 0.636. The van der Waals surface area contributed by atoms with Crippen molar-refractivity contribution < 1.29 is 5.11 Å². The summed E-state index contributed by atoms with van der Waals surface area (Å²) in [6.45, 7) is 0.750. The number of nitrogens with zero attached hydrogens (tertiary/aromatic N) is 4. The minimum absolute atomic E-state index is 0.0340. The minimum Gasteiger partial charge on any atom is -0.396 e. The van der Waals surface area contributed by atoms with E-state index in [0.717, 1.165) is 6.42 Å². The Bertz CT molecular complexity index is 992. The molecule has 9 heteroatoms. The van der Waals surface area contributed by atoms with Gasteiger partial charge in [0.25, 0.3) is 5.56 Å². The molecular weight excluding hydrogens is 418 g/mol. The predicted octanol–water partition coefficient (Wildman–Crippen LogP) is 2.02. The lowest BCUT2D eigenvalue weighted by Gasteiger charge is -2.35. The molecule has 2 atom stereocenters. The number of hydrogen-bond acceptors (Lipinski definition) is 6. The van der Waals surface area contributed by atoms with Gasteiger partial charge in [-0.25, -0.2) is 4.79 Å². The standard InChI is InChI=1S/C22H32ClN5O3/c1-25-13-16(23)8-9-17(25)14-28-18(12-15-6-3-4-7-15)24-20-19(28)21(30)27(10-5-11-29)22(31)26(20)2/h8-9,13,15,17-18,24,29H,3-7,10-12,14H2,1-2H3. The van der Waals surface area contributed by atoms with Gasteiger partial charge in [-0.3, -0.25) is 13.9 Å². The largest absolute Gasteiger partial charge is 0.396 e. The first kappa shape index (κ1) is 22.0. The monoisotopic (exact) mass is 449 g/mol. The minimum atomic E-state index is -0.351. The second kappa shape index (κ2) is 9.12. The molecule has 1 aliphatic carbocycles. The number of rotatable bonds is 7. The van der Waals surface area contributed by atoms with Crippen molar-refractivity contribution in [3.8, 4) is 0 Å². The lowest BCUT2D eigenvalue weighted by Crippen LogP contribution is -2.47. The van der Waals surface area contributed by atoms with Crippen molar-refractivity contribution in [3.63, 3.8) is 0 Å². The number of aromatic nitrogens is 2. The van der Waals surface area contributed by atoms with E-state index in [1.165, 1.54) is 34.8 Å². The Morgan fingerprint density at radius 2 is 1.97 bits per heavy atom. The number of halogens is 1. The number of aliphatic hydroxyl groups is 1. The molecule has 8 nitrogen and oxygen atoms in total. The molecule has 0 saturated heterocycles. The Morgan fingerprint density at radius 1 is 1.23 bits per heavy atom. The number of likely N-dealkylation sites (N-methyl/N-ethyl adjacent to an activating group) is 1. The third kappa shape index (κ3) is 4.28. The van der Waals surface area contributed by atoms with E-state index >= 15 is 0 Å². The molecule has 1 saturated carbocycles. The summed E-state index contributed by atoms with van der Waals surface area (Å²) in [5.41, 5.74) is -0.0926. The van der Waals surface area contributed by atoms with Crippen LogP contribution in [0.15, 0.2) is 33.0 Å². The Morgan fingerprint density at radius 3 is 2.65 bits per heavy atom. The lowest BCUT2D eigenvalue weighted by molar-refractivity contribution is 0.277. The highest BCUT2D eigenvalue weighted by Crippen LogP contribution is 2.37. The number of nitrogens with one attached hydrogen (secondary N) is 1. The van der Waals surface area contributed by atoms with E-state index in [4.69, 9.17) is 11.6 Å². The second-order valence-electron chi connectivity index (χ2n) is 8.88. The Balaban J connectivity index is 1.72. The summed E-state index contributed by atoms with van der Waals surface area (Å²) in [4.78, 5) is 30.5. The van der Waals surface area contributed by atoms with Gasteiger partial charge in [-0.2, -0.15) is 0 Å². The van der Waals surface area contributed by atoms with E-state index in [2.05, 4.69) is 21.2 Å². The molecule has 2 aliphatic heterocycles. The van der Waals surface area contributed by atoms with E-state index < -0.39 is 0 Å². The first-order chi connectivity index (χ1) is 14.9. The van der Waals surface area contributed by atoms with Crippen molar-refractivity contribution in [2.75, 3.05) is 30.4 Å². The molecule has 3 heterocycles. The fourth-order valence-electron chi connectivity index (χ4n) is 5.02. The second-order valence-corrected chi connectivity index (χ2v) is 9.31. The number of hydrogen-bond donors (Lipinski definition) is 2. The van der Waals surface area contributed by atoms with Crippen LogP contribution in [-0.2, 0) is 13.6 Å². The number of aliphatic hydroxyl groups excluding tert-OH is 1. The van der Waals surface area contributed by atoms with Gasteiger partial charge in [-0.15, -0.1) is 0 Å². The van der Waals surface area contributed by atoms with E-state index in [-0.39, 0.29) is 36.6 Å². The molecule has 2 N–H and O–H groups in total. The lowest BCUT2D eigenvalue weighted by atomic mass is 10.0. The SMILES string of the molecule is CN1C=C(Cl)C=CC1CN1c2c(n(C)c(=O)n(CCCO)c2=O)NC1CC1CCCC1. The molecule has 0 bridgehead atoms. The average molecular weight is 450 g/mol.